The van der Waals surface area contributed by atoms with Gasteiger partial charge in [-0.25, -0.2) is 4.79 Å². The first kappa shape index (κ1) is 19.8. The molecule has 0 fully saturated rings. The van der Waals surface area contributed by atoms with E-state index < -0.39 is 12.0 Å². The molecule has 2 rings (SSSR count). The van der Waals surface area contributed by atoms with Gasteiger partial charge in [-0.1, -0.05) is 48.8 Å². The molecule has 1 amide bonds. The fourth-order valence-corrected chi connectivity index (χ4v) is 3.42. The summed E-state index contributed by atoms with van der Waals surface area (Å²) in [4.78, 5) is 23.9. The zero-order valence-electron chi connectivity index (χ0n) is 14.0. The Morgan fingerprint density at radius 3 is 2.72 bits per heavy atom. The van der Waals surface area contributed by atoms with Crippen LogP contribution in [0.1, 0.15) is 20.3 Å². The fourth-order valence-electron chi connectivity index (χ4n) is 2.19. The van der Waals surface area contributed by atoms with E-state index in [9.17, 15) is 9.59 Å². The van der Waals surface area contributed by atoms with Gasteiger partial charge in [-0.3, -0.25) is 9.20 Å². The lowest BCUT2D eigenvalue weighted by Gasteiger charge is -2.18. The van der Waals surface area contributed by atoms with Gasteiger partial charge in [-0.05, 0) is 18.4 Å². The van der Waals surface area contributed by atoms with E-state index in [-0.39, 0.29) is 17.6 Å². The van der Waals surface area contributed by atoms with Gasteiger partial charge in [0, 0.05) is 6.20 Å². The number of nitrogens with one attached hydrogen (secondary N) is 1. The van der Waals surface area contributed by atoms with Crippen LogP contribution in [0.4, 0.5) is 0 Å². The molecule has 0 saturated heterocycles. The highest BCUT2D eigenvalue weighted by Gasteiger charge is 2.23. The van der Waals surface area contributed by atoms with E-state index in [1.54, 1.807) is 16.7 Å². The van der Waals surface area contributed by atoms with Crippen LogP contribution in [0.2, 0.25) is 10.0 Å². The Morgan fingerprint density at radius 1 is 1.36 bits per heavy atom. The summed E-state index contributed by atoms with van der Waals surface area (Å²) in [6.07, 6.45) is 2.13. The number of fused-ring (bicyclic) bond motifs is 1. The summed E-state index contributed by atoms with van der Waals surface area (Å²) in [7, 11) is 1.30. The first-order valence-corrected chi connectivity index (χ1v) is 9.25. The van der Waals surface area contributed by atoms with Gasteiger partial charge < -0.3 is 10.1 Å². The molecule has 0 aliphatic heterocycles. The lowest BCUT2D eigenvalue weighted by atomic mass is 10.0. The van der Waals surface area contributed by atoms with Crippen LogP contribution in [0.15, 0.2) is 17.4 Å². The molecule has 136 valence electrons. The number of carbonyl (C=O) groups is 2. The number of ether oxygens (including phenoxy) is 1. The summed E-state index contributed by atoms with van der Waals surface area (Å²) in [5.74, 6) is -0.456. The van der Waals surface area contributed by atoms with Gasteiger partial charge in [0.15, 0.2) is 10.8 Å². The molecule has 10 heteroatoms. The average molecular weight is 405 g/mol. The van der Waals surface area contributed by atoms with Gasteiger partial charge in [0.2, 0.25) is 5.91 Å². The van der Waals surface area contributed by atoms with Gasteiger partial charge in [-0.2, -0.15) is 0 Å². The van der Waals surface area contributed by atoms with Crippen LogP contribution in [0.3, 0.4) is 0 Å². The molecule has 0 radical (unpaired) electrons. The predicted octanol–water partition coefficient (Wildman–Crippen LogP) is 2.83. The third kappa shape index (κ3) is 5.23. The number of thioether (sulfide) groups is 1. The number of halogens is 2. The number of esters is 1. The number of pyridine rings is 1. The summed E-state index contributed by atoms with van der Waals surface area (Å²) >= 11 is 13.2. The second-order valence-corrected chi connectivity index (χ2v) is 7.53. The zero-order chi connectivity index (χ0) is 18.6. The molecule has 1 atom stereocenters. The second-order valence-electron chi connectivity index (χ2n) is 5.74. The van der Waals surface area contributed by atoms with Crippen molar-refractivity contribution in [2.75, 3.05) is 12.9 Å². The third-order valence-electron chi connectivity index (χ3n) is 3.26. The second kappa shape index (κ2) is 8.73. The topological polar surface area (TPSA) is 85.6 Å². The normalized spacial score (nSPS) is 12.4. The maximum Gasteiger partial charge on any atom is 0.328 e. The monoisotopic (exact) mass is 404 g/mol. The molecular weight excluding hydrogens is 387 g/mol. The van der Waals surface area contributed by atoms with Crippen molar-refractivity contribution in [3.05, 3.63) is 22.3 Å². The van der Waals surface area contributed by atoms with E-state index in [1.165, 1.54) is 18.9 Å². The summed E-state index contributed by atoms with van der Waals surface area (Å²) < 4.78 is 6.35. The molecule has 0 saturated carbocycles. The Labute approximate surface area is 159 Å². The van der Waals surface area contributed by atoms with Gasteiger partial charge in [0.25, 0.3) is 0 Å². The van der Waals surface area contributed by atoms with E-state index in [0.717, 1.165) is 0 Å². The Hall–Kier alpha value is -1.51. The number of nitrogens with zero attached hydrogens (tertiary/aromatic N) is 3. The molecule has 1 N–H and O–H groups in total. The van der Waals surface area contributed by atoms with Crippen molar-refractivity contribution >= 4 is 52.5 Å². The summed E-state index contributed by atoms with van der Waals surface area (Å²) in [5, 5.41) is 12.0. The first-order valence-electron chi connectivity index (χ1n) is 7.51. The van der Waals surface area contributed by atoms with Crippen molar-refractivity contribution in [3.63, 3.8) is 0 Å². The van der Waals surface area contributed by atoms with Crippen LogP contribution < -0.4 is 5.32 Å². The highest BCUT2D eigenvalue weighted by molar-refractivity contribution is 7.99. The highest BCUT2D eigenvalue weighted by Crippen LogP contribution is 2.25. The van der Waals surface area contributed by atoms with E-state index in [1.807, 2.05) is 13.8 Å². The number of methoxy groups -OCH3 is 1. The van der Waals surface area contributed by atoms with Gasteiger partial charge in [-0.15, -0.1) is 10.2 Å². The molecule has 2 heterocycles. The molecule has 0 aromatic carbocycles. The van der Waals surface area contributed by atoms with Crippen LogP contribution in [0.5, 0.6) is 0 Å². The number of carbonyl (C=O) groups excluding carboxylic acids is 2. The van der Waals surface area contributed by atoms with E-state index in [4.69, 9.17) is 27.9 Å². The quantitative estimate of drug-likeness (QED) is 0.563. The van der Waals surface area contributed by atoms with Gasteiger partial charge in [0.05, 0.1) is 22.9 Å². The van der Waals surface area contributed by atoms with Gasteiger partial charge in [0.1, 0.15) is 6.04 Å². The largest absolute Gasteiger partial charge is 0.467 e. The minimum atomic E-state index is -0.669. The van der Waals surface area contributed by atoms with Crippen LogP contribution >= 0.6 is 35.0 Å². The Balaban J connectivity index is 2.03. The van der Waals surface area contributed by atoms with Crippen LogP contribution in [-0.4, -0.2) is 45.4 Å². The predicted molar refractivity (Wildman–Crippen MR) is 97.1 cm³/mol. The molecule has 0 aliphatic carbocycles. The van der Waals surface area contributed by atoms with Crippen LogP contribution in [0.25, 0.3) is 5.65 Å². The molecule has 0 unspecified atom stereocenters. The van der Waals surface area contributed by atoms with Crippen molar-refractivity contribution in [1.29, 1.82) is 0 Å². The molecule has 0 aliphatic rings. The number of hydrogen-bond donors (Lipinski definition) is 1. The molecule has 7 nitrogen and oxygen atoms in total. The summed E-state index contributed by atoms with van der Waals surface area (Å²) in [6, 6.07) is 0.901. The smallest absolute Gasteiger partial charge is 0.328 e. The minimum Gasteiger partial charge on any atom is -0.467 e. The third-order valence-corrected chi connectivity index (χ3v) is 4.68. The molecule has 25 heavy (non-hydrogen) atoms. The number of aromatic nitrogens is 3. The lowest BCUT2D eigenvalue weighted by Crippen LogP contribution is -2.43. The standard InChI is InChI=1S/C15H18Cl2N4O3S/c1-8(2)4-11(14(23)24-3)18-12(22)7-25-15-20-19-13-10(17)5-9(16)6-21(13)15/h5-6,8,11H,4,7H2,1-3H3,(H,18,22)/t11-/m0/s1. The number of amides is 1. The van der Waals surface area contributed by atoms with Crippen LogP contribution in [-0.2, 0) is 14.3 Å². The maximum atomic E-state index is 12.2. The molecule has 0 bridgehead atoms. The molecular formula is C15H18Cl2N4O3S. The molecule has 2 aromatic rings. The summed E-state index contributed by atoms with van der Waals surface area (Å²) in [6.45, 7) is 3.93. The van der Waals surface area contributed by atoms with E-state index in [0.29, 0.717) is 27.3 Å². The van der Waals surface area contributed by atoms with E-state index >= 15 is 0 Å². The Morgan fingerprint density at radius 2 is 2.08 bits per heavy atom. The lowest BCUT2D eigenvalue weighted by molar-refractivity contribution is -0.145. The molecule has 0 spiro atoms. The van der Waals surface area contributed by atoms with Crippen LogP contribution in [0, 0.1) is 5.92 Å². The van der Waals surface area contributed by atoms with Crippen molar-refractivity contribution < 1.29 is 14.3 Å². The number of rotatable bonds is 7. The van der Waals surface area contributed by atoms with Crippen molar-refractivity contribution in [2.45, 2.75) is 31.5 Å². The molecule has 2 aromatic heterocycles. The maximum absolute atomic E-state index is 12.2. The summed E-state index contributed by atoms with van der Waals surface area (Å²) in [5.41, 5.74) is 0.459. The average Bonchev–Trinajstić information content (AvgIpc) is 2.94. The van der Waals surface area contributed by atoms with Crippen molar-refractivity contribution in [3.8, 4) is 0 Å². The highest BCUT2D eigenvalue weighted by atomic mass is 35.5. The Kier molecular flexibility index (Phi) is 6.92. The zero-order valence-corrected chi connectivity index (χ0v) is 16.3. The van der Waals surface area contributed by atoms with E-state index in [2.05, 4.69) is 15.5 Å². The van der Waals surface area contributed by atoms with Gasteiger partial charge >= 0.3 is 5.97 Å². The van der Waals surface area contributed by atoms with Crippen molar-refractivity contribution in [2.24, 2.45) is 5.92 Å². The number of hydrogen-bond acceptors (Lipinski definition) is 6. The van der Waals surface area contributed by atoms with Crippen molar-refractivity contribution in [1.82, 2.24) is 19.9 Å². The SMILES string of the molecule is COC(=O)[C@H](CC(C)C)NC(=O)CSc1nnc2c(Cl)cc(Cl)cn12. The first-order chi connectivity index (χ1) is 11.8. The fraction of sp³-hybridized carbons (Fsp3) is 0.467. The Bertz CT molecular complexity index is 781. The minimum absolute atomic E-state index is 0.0660.